The first-order chi connectivity index (χ1) is 19.0. The van der Waals surface area contributed by atoms with Crippen molar-refractivity contribution in [3.8, 4) is 5.75 Å². The number of aryl methyl sites for hydroxylation is 3. The van der Waals surface area contributed by atoms with Gasteiger partial charge in [-0.2, -0.15) is 0 Å². The lowest BCUT2D eigenvalue weighted by molar-refractivity contribution is 0.0470. The number of rotatable bonds is 3. The normalized spacial score (nSPS) is 20.9. The Morgan fingerprint density at radius 2 is 1.82 bits per heavy atom. The van der Waals surface area contributed by atoms with Gasteiger partial charge in [0.25, 0.3) is 5.91 Å². The van der Waals surface area contributed by atoms with Gasteiger partial charge in [-0.15, -0.1) is 0 Å². The van der Waals surface area contributed by atoms with E-state index in [1.807, 2.05) is 40.7 Å². The number of aromatic nitrogens is 1. The molecule has 7 nitrogen and oxygen atoms in total. The van der Waals surface area contributed by atoms with E-state index in [0.717, 1.165) is 67.5 Å². The average molecular weight is 568 g/mol. The number of nitrogens with zero attached hydrogens (tertiary/aromatic N) is 1. The second-order valence-corrected chi connectivity index (χ2v) is 12.3. The highest BCUT2D eigenvalue weighted by Gasteiger charge is 2.27. The predicted octanol–water partition coefficient (Wildman–Crippen LogP) is 6.93. The lowest BCUT2D eigenvalue weighted by atomic mass is 9.92. The van der Waals surface area contributed by atoms with Crippen LogP contribution in [-0.2, 0) is 24.1 Å². The van der Waals surface area contributed by atoms with Crippen molar-refractivity contribution < 1.29 is 19.1 Å². The van der Waals surface area contributed by atoms with E-state index in [0.29, 0.717) is 29.3 Å². The summed E-state index contributed by atoms with van der Waals surface area (Å²) < 4.78 is 11.9. The van der Waals surface area contributed by atoms with Gasteiger partial charge in [0.2, 0.25) is 0 Å². The molecular weight excluding hydrogens is 526 g/mol. The molecule has 0 saturated heterocycles. The Bertz CT molecular complexity index is 1260. The number of carbonyl (C=O) groups excluding carboxylic acids is 2. The number of hydrogen-bond acceptors (Lipinski definition) is 5. The van der Waals surface area contributed by atoms with Crippen molar-refractivity contribution in [3.05, 3.63) is 69.0 Å². The van der Waals surface area contributed by atoms with Gasteiger partial charge in [0.05, 0.1) is 6.10 Å². The van der Waals surface area contributed by atoms with Crippen molar-refractivity contribution in [2.75, 3.05) is 0 Å². The summed E-state index contributed by atoms with van der Waals surface area (Å²) in [5.41, 5.74) is 5.12. The first-order valence-electron chi connectivity index (χ1n) is 14.4. The number of benzene rings is 1. The van der Waals surface area contributed by atoms with Gasteiger partial charge in [-0.3, -0.25) is 9.78 Å². The van der Waals surface area contributed by atoms with Crippen LogP contribution in [-0.4, -0.2) is 34.7 Å². The zero-order valence-electron chi connectivity index (χ0n) is 24.4. The quantitative estimate of drug-likeness (QED) is 0.392. The zero-order chi connectivity index (χ0) is 28.9. The second kappa shape index (κ2) is 13.1. The van der Waals surface area contributed by atoms with Gasteiger partial charge < -0.3 is 20.1 Å². The minimum absolute atomic E-state index is 0.0280. The predicted molar refractivity (Wildman–Crippen MR) is 158 cm³/mol. The number of nitrogens with one attached hydrogen (secondary N) is 2. The van der Waals surface area contributed by atoms with Crippen LogP contribution in [0.2, 0.25) is 5.02 Å². The first-order valence-corrected chi connectivity index (χ1v) is 14.7. The number of amides is 2. The Morgan fingerprint density at radius 1 is 1.07 bits per heavy atom. The van der Waals surface area contributed by atoms with Crippen LogP contribution in [0.3, 0.4) is 0 Å². The Labute approximate surface area is 243 Å². The maximum Gasteiger partial charge on any atom is 0.407 e. The SMILES string of the molecule is Cc1cc2c(c(C)n1)CNC(=O)c1cc(Cl)cc(O[C@H]3CC[C@H](NC(=O)OC(C)(C)C)CC3)c1C/C=C/CCC2. The summed E-state index contributed by atoms with van der Waals surface area (Å²) in [6.07, 6.45) is 10.5. The van der Waals surface area contributed by atoms with Crippen molar-refractivity contribution in [2.24, 2.45) is 0 Å². The maximum absolute atomic E-state index is 13.5. The summed E-state index contributed by atoms with van der Waals surface area (Å²) >= 11 is 6.52. The van der Waals surface area contributed by atoms with E-state index < -0.39 is 5.60 Å². The first kappa shape index (κ1) is 29.9. The molecule has 2 aromatic rings. The number of ether oxygens (including phenoxy) is 2. The van der Waals surface area contributed by atoms with Crippen molar-refractivity contribution in [1.82, 2.24) is 15.6 Å². The summed E-state index contributed by atoms with van der Waals surface area (Å²) in [6, 6.07) is 5.73. The third-order valence-electron chi connectivity index (χ3n) is 7.39. The largest absolute Gasteiger partial charge is 0.490 e. The Hall–Kier alpha value is -3.06. The molecule has 1 fully saturated rings. The van der Waals surface area contributed by atoms with E-state index in [1.54, 1.807) is 6.07 Å². The highest BCUT2D eigenvalue weighted by molar-refractivity contribution is 6.31. The van der Waals surface area contributed by atoms with E-state index in [-0.39, 0.29) is 24.1 Å². The Balaban J connectivity index is 1.50. The lowest BCUT2D eigenvalue weighted by Crippen LogP contribution is -2.42. The van der Waals surface area contributed by atoms with Crippen LogP contribution >= 0.6 is 11.6 Å². The number of hydrogen-bond donors (Lipinski definition) is 2. The molecule has 0 atom stereocenters. The summed E-state index contributed by atoms with van der Waals surface area (Å²) in [5, 5.41) is 6.57. The smallest absolute Gasteiger partial charge is 0.407 e. The molecule has 1 saturated carbocycles. The van der Waals surface area contributed by atoms with Crippen molar-refractivity contribution in [3.63, 3.8) is 0 Å². The lowest BCUT2D eigenvalue weighted by Gasteiger charge is -2.31. The highest BCUT2D eigenvalue weighted by atomic mass is 35.5. The molecular formula is C32H42ClN3O4. The molecule has 2 aliphatic rings. The summed E-state index contributed by atoms with van der Waals surface area (Å²) in [6.45, 7) is 10.00. The van der Waals surface area contributed by atoms with Crippen molar-refractivity contribution in [1.29, 1.82) is 0 Å². The molecule has 1 aliphatic heterocycles. The molecule has 0 unspecified atom stereocenters. The van der Waals surface area contributed by atoms with E-state index in [4.69, 9.17) is 21.1 Å². The molecule has 0 radical (unpaired) electrons. The van der Waals surface area contributed by atoms with Crippen LogP contribution in [0.4, 0.5) is 4.79 Å². The molecule has 40 heavy (non-hydrogen) atoms. The maximum atomic E-state index is 13.5. The Morgan fingerprint density at radius 3 is 2.55 bits per heavy atom. The van der Waals surface area contributed by atoms with E-state index in [2.05, 4.69) is 33.8 Å². The van der Waals surface area contributed by atoms with Gasteiger partial charge in [0.15, 0.2) is 0 Å². The van der Waals surface area contributed by atoms with Gasteiger partial charge in [0.1, 0.15) is 11.4 Å². The molecule has 216 valence electrons. The fourth-order valence-electron chi connectivity index (χ4n) is 5.50. The van der Waals surface area contributed by atoms with E-state index >= 15 is 0 Å². The summed E-state index contributed by atoms with van der Waals surface area (Å²) in [4.78, 5) is 30.3. The number of allylic oxidation sites excluding steroid dienone is 2. The zero-order valence-corrected chi connectivity index (χ0v) is 25.1. The van der Waals surface area contributed by atoms with Crippen molar-refractivity contribution >= 4 is 23.6 Å². The standard InChI is InChI=1S/C32H42ClN3O4/c1-20-16-22-10-8-6-7-9-11-26-27(30(37)34-19-28(22)21(2)35-20)17-23(33)18-29(26)39-25-14-12-24(13-15-25)36-31(38)40-32(3,4)5/h7,9,16-18,24-25H,6,8,10-15,19H2,1-5H3,(H,34,37)(H,36,38)/b9-7+/t24-,25-. The molecule has 4 rings (SSSR count). The van der Waals surface area contributed by atoms with Gasteiger partial charge in [-0.25, -0.2) is 4.79 Å². The fourth-order valence-corrected chi connectivity index (χ4v) is 5.71. The van der Waals surface area contributed by atoms with Gasteiger partial charge in [-0.05, 0) is 115 Å². The van der Waals surface area contributed by atoms with E-state index in [1.165, 1.54) is 5.56 Å². The third-order valence-corrected chi connectivity index (χ3v) is 7.61. The fraction of sp³-hybridized carbons (Fsp3) is 0.531. The van der Waals surface area contributed by atoms with Crippen LogP contribution < -0.4 is 15.4 Å². The Kier molecular flexibility index (Phi) is 9.77. The molecule has 1 aromatic heterocycles. The minimum atomic E-state index is -0.526. The molecule has 2 amide bonds. The number of fused-ring (bicyclic) bond motifs is 2. The molecule has 1 aromatic carbocycles. The highest BCUT2D eigenvalue weighted by Crippen LogP contribution is 2.33. The van der Waals surface area contributed by atoms with Crippen LogP contribution in [0.1, 0.15) is 97.7 Å². The third kappa shape index (κ3) is 8.23. The van der Waals surface area contributed by atoms with Gasteiger partial charge in [-0.1, -0.05) is 23.8 Å². The second-order valence-electron chi connectivity index (χ2n) is 11.9. The summed E-state index contributed by atoms with van der Waals surface area (Å²) in [7, 11) is 0. The monoisotopic (exact) mass is 567 g/mol. The molecule has 8 heteroatoms. The van der Waals surface area contributed by atoms with Gasteiger partial charge >= 0.3 is 6.09 Å². The van der Waals surface area contributed by atoms with E-state index in [9.17, 15) is 9.59 Å². The molecule has 2 heterocycles. The van der Waals surface area contributed by atoms with Crippen LogP contribution in [0, 0.1) is 13.8 Å². The molecule has 0 bridgehead atoms. The minimum Gasteiger partial charge on any atom is -0.490 e. The van der Waals surface area contributed by atoms with Crippen LogP contribution in [0.5, 0.6) is 5.75 Å². The average Bonchev–Trinajstić information content (AvgIpc) is 2.86. The van der Waals surface area contributed by atoms with Crippen molar-refractivity contribution in [2.45, 2.75) is 110 Å². The number of halogens is 1. The topological polar surface area (TPSA) is 89.5 Å². The van der Waals surface area contributed by atoms with Gasteiger partial charge in [0, 0.05) is 40.1 Å². The number of pyridine rings is 1. The number of alkyl carbamates (subject to hydrolysis) is 1. The van der Waals surface area contributed by atoms with Crippen LogP contribution in [0.15, 0.2) is 30.4 Å². The number of carbonyl (C=O) groups is 2. The summed E-state index contributed by atoms with van der Waals surface area (Å²) in [5.74, 6) is 0.473. The molecule has 2 N–H and O–H groups in total. The molecule has 1 aliphatic carbocycles. The molecule has 0 spiro atoms. The van der Waals surface area contributed by atoms with Crippen LogP contribution in [0.25, 0.3) is 0 Å².